The molecule has 0 bridgehead atoms. The van der Waals surface area contributed by atoms with Crippen LogP contribution < -0.4 is 0 Å². The summed E-state index contributed by atoms with van der Waals surface area (Å²) in [5, 5.41) is 50.1. The highest BCUT2D eigenvalue weighted by Crippen LogP contribution is 2.28. The number of ether oxygens (including phenoxy) is 4. The van der Waals surface area contributed by atoms with Crippen LogP contribution in [0, 0.1) is 11.8 Å². The molecule has 0 aliphatic carbocycles. The lowest BCUT2D eigenvalue weighted by molar-refractivity contribution is -0.208. The van der Waals surface area contributed by atoms with Crippen LogP contribution in [0.5, 0.6) is 0 Å². The van der Waals surface area contributed by atoms with Gasteiger partial charge in [-0.3, -0.25) is 9.59 Å². The molecule has 0 spiro atoms. The number of hydrogen-bond acceptors (Lipinski definition) is 11. The molecule has 0 aromatic rings. The van der Waals surface area contributed by atoms with Gasteiger partial charge in [0.05, 0.1) is 44.9 Å². The third-order valence-corrected chi connectivity index (χ3v) is 6.69. The molecule has 35 heavy (non-hydrogen) atoms. The predicted molar refractivity (Wildman–Crippen MR) is 124 cm³/mol. The Morgan fingerprint density at radius 3 is 1.89 bits per heavy atom. The maximum absolute atomic E-state index is 12.6. The first-order chi connectivity index (χ1) is 16.5. The lowest BCUT2D eigenvalue weighted by Crippen LogP contribution is -2.39. The second-order valence-electron chi connectivity index (χ2n) is 9.44. The summed E-state index contributed by atoms with van der Waals surface area (Å²) in [5.74, 6) is -1.36. The second kappa shape index (κ2) is 15.7. The standard InChI is InChI=1S/C24H44O11/c1-6-13(3)17(8-15(26)10-20(28)32-5)33-21(29)11-16(27)9-18(14(4)7-2)34-24-23(31)22(30)19(12-25)35-24/h13-19,22-27,30-31H,6-12H2,1-5H3/t13-,14-,15-,16-,17-,18-,19-,22?,23?,24+/m0/s1. The fraction of sp³-hybridized carbons (Fsp3) is 0.917. The second-order valence-corrected chi connectivity index (χ2v) is 9.44. The first kappa shape index (κ1) is 31.7. The minimum Gasteiger partial charge on any atom is -0.469 e. The Labute approximate surface area is 207 Å². The minimum atomic E-state index is -1.35. The van der Waals surface area contributed by atoms with Crippen LogP contribution in [-0.2, 0) is 28.5 Å². The number of carbonyl (C=O) groups excluding carboxylic acids is 2. The highest BCUT2D eigenvalue weighted by molar-refractivity contribution is 5.70. The van der Waals surface area contributed by atoms with Crippen LogP contribution >= 0.6 is 0 Å². The van der Waals surface area contributed by atoms with Gasteiger partial charge >= 0.3 is 11.9 Å². The van der Waals surface area contributed by atoms with Crippen molar-refractivity contribution in [3.63, 3.8) is 0 Å². The molecular formula is C24H44O11. The largest absolute Gasteiger partial charge is 0.469 e. The molecule has 1 rings (SSSR count). The van der Waals surface area contributed by atoms with Crippen molar-refractivity contribution in [2.45, 2.75) is 115 Å². The van der Waals surface area contributed by atoms with Gasteiger partial charge in [-0.25, -0.2) is 0 Å². The van der Waals surface area contributed by atoms with Crippen LogP contribution in [-0.4, -0.2) is 100 Å². The molecule has 1 aliphatic rings. The minimum absolute atomic E-state index is 0.0511. The van der Waals surface area contributed by atoms with Gasteiger partial charge in [-0.05, 0) is 11.8 Å². The van der Waals surface area contributed by atoms with E-state index in [1.54, 1.807) is 0 Å². The lowest BCUT2D eigenvalue weighted by atomic mass is 9.94. The van der Waals surface area contributed by atoms with Crippen LogP contribution in [0.3, 0.4) is 0 Å². The van der Waals surface area contributed by atoms with E-state index in [1.165, 1.54) is 7.11 Å². The Morgan fingerprint density at radius 2 is 1.40 bits per heavy atom. The summed E-state index contributed by atoms with van der Waals surface area (Å²) in [4.78, 5) is 24.0. The van der Waals surface area contributed by atoms with Gasteiger partial charge in [0.2, 0.25) is 0 Å². The van der Waals surface area contributed by atoms with Crippen molar-refractivity contribution in [1.29, 1.82) is 0 Å². The molecule has 1 aliphatic heterocycles. The maximum Gasteiger partial charge on any atom is 0.308 e. The molecule has 0 aromatic carbocycles. The summed E-state index contributed by atoms with van der Waals surface area (Å²) in [5.41, 5.74) is 0. The average molecular weight is 509 g/mol. The quantitative estimate of drug-likeness (QED) is 0.181. The molecule has 0 amide bonds. The van der Waals surface area contributed by atoms with E-state index in [2.05, 4.69) is 4.74 Å². The van der Waals surface area contributed by atoms with Crippen molar-refractivity contribution >= 4 is 11.9 Å². The number of rotatable bonds is 16. The van der Waals surface area contributed by atoms with E-state index in [9.17, 15) is 35.1 Å². The molecule has 1 heterocycles. The number of methoxy groups -OCH3 is 1. The summed E-state index contributed by atoms with van der Waals surface area (Å²) in [6, 6.07) is 0. The molecule has 11 nitrogen and oxygen atoms in total. The Bertz CT molecular complexity index is 631. The highest BCUT2D eigenvalue weighted by atomic mass is 16.7. The molecule has 206 valence electrons. The van der Waals surface area contributed by atoms with Gasteiger partial charge in [0.25, 0.3) is 0 Å². The molecule has 2 unspecified atom stereocenters. The van der Waals surface area contributed by atoms with Crippen LogP contribution in [0.1, 0.15) is 66.2 Å². The lowest BCUT2D eigenvalue weighted by Gasteiger charge is -2.30. The van der Waals surface area contributed by atoms with Crippen LogP contribution in [0.4, 0.5) is 0 Å². The van der Waals surface area contributed by atoms with Gasteiger partial charge < -0.3 is 44.5 Å². The summed E-state index contributed by atoms with van der Waals surface area (Å²) in [6.07, 6.45) is -7.22. The zero-order valence-corrected chi connectivity index (χ0v) is 21.4. The zero-order valence-electron chi connectivity index (χ0n) is 21.4. The first-order valence-corrected chi connectivity index (χ1v) is 12.4. The van der Waals surface area contributed by atoms with E-state index in [-0.39, 0.29) is 37.5 Å². The van der Waals surface area contributed by atoms with Crippen molar-refractivity contribution < 1.29 is 54.1 Å². The van der Waals surface area contributed by atoms with E-state index in [0.717, 1.165) is 0 Å². The SMILES string of the molecule is CC[C@H](C)[C@H](C[C@H](O)CC(=O)OC)OC(=O)C[C@@H](O)C[C@H](O[C@@H]1O[C@@H](CO)C(O)C1O)[C@@H](C)CC. The van der Waals surface area contributed by atoms with E-state index in [4.69, 9.17) is 14.2 Å². The summed E-state index contributed by atoms with van der Waals surface area (Å²) >= 11 is 0. The number of aliphatic hydroxyl groups is 5. The van der Waals surface area contributed by atoms with E-state index in [1.807, 2.05) is 27.7 Å². The number of esters is 2. The predicted octanol–water partition coefficient (Wildman–Crippen LogP) is 0.270. The number of hydrogen-bond donors (Lipinski definition) is 5. The molecule has 10 atom stereocenters. The van der Waals surface area contributed by atoms with Gasteiger partial charge in [-0.15, -0.1) is 0 Å². The molecular weight excluding hydrogens is 464 g/mol. The van der Waals surface area contributed by atoms with Crippen molar-refractivity contribution in [1.82, 2.24) is 0 Å². The Balaban J connectivity index is 2.71. The van der Waals surface area contributed by atoms with E-state index in [0.29, 0.717) is 12.8 Å². The third-order valence-electron chi connectivity index (χ3n) is 6.69. The monoisotopic (exact) mass is 508 g/mol. The molecule has 0 saturated carbocycles. The summed E-state index contributed by atoms with van der Waals surface area (Å²) < 4.78 is 21.3. The molecule has 0 radical (unpaired) electrons. The fourth-order valence-corrected chi connectivity index (χ4v) is 3.88. The van der Waals surface area contributed by atoms with Gasteiger partial charge in [0.15, 0.2) is 6.29 Å². The van der Waals surface area contributed by atoms with Crippen molar-refractivity contribution in [3.8, 4) is 0 Å². The van der Waals surface area contributed by atoms with Gasteiger partial charge in [0, 0.05) is 12.8 Å². The maximum atomic E-state index is 12.6. The molecule has 5 N–H and O–H groups in total. The topological polar surface area (TPSA) is 172 Å². The Hall–Kier alpha value is -1.34. The van der Waals surface area contributed by atoms with Crippen LogP contribution in [0.2, 0.25) is 0 Å². The first-order valence-electron chi connectivity index (χ1n) is 12.4. The van der Waals surface area contributed by atoms with Crippen molar-refractivity contribution in [3.05, 3.63) is 0 Å². The smallest absolute Gasteiger partial charge is 0.308 e. The average Bonchev–Trinajstić information content (AvgIpc) is 3.09. The van der Waals surface area contributed by atoms with Gasteiger partial charge in [-0.1, -0.05) is 40.5 Å². The number of aliphatic hydroxyl groups excluding tert-OH is 5. The van der Waals surface area contributed by atoms with Crippen molar-refractivity contribution in [2.75, 3.05) is 13.7 Å². The molecule has 1 saturated heterocycles. The Morgan fingerprint density at radius 1 is 0.886 bits per heavy atom. The molecule has 0 aromatic heterocycles. The number of carbonyl (C=O) groups is 2. The Kier molecular flexibility index (Phi) is 14.2. The third kappa shape index (κ3) is 10.3. The summed E-state index contributed by atoms with van der Waals surface area (Å²) in [6.45, 7) is 7.12. The van der Waals surface area contributed by atoms with E-state index < -0.39 is 67.6 Å². The van der Waals surface area contributed by atoms with Gasteiger partial charge in [0.1, 0.15) is 24.4 Å². The zero-order chi connectivity index (χ0) is 26.7. The highest BCUT2D eigenvalue weighted by Gasteiger charge is 2.44. The molecule has 11 heteroatoms. The molecule has 1 fully saturated rings. The summed E-state index contributed by atoms with van der Waals surface area (Å²) in [7, 11) is 1.23. The normalized spacial score (nSPS) is 27.5. The van der Waals surface area contributed by atoms with Crippen LogP contribution in [0.15, 0.2) is 0 Å². The fourth-order valence-electron chi connectivity index (χ4n) is 3.88. The van der Waals surface area contributed by atoms with E-state index >= 15 is 0 Å². The van der Waals surface area contributed by atoms with Crippen molar-refractivity contribution in [2.24, 2.45) is 11.8 Å². The van der Waals surface area contributed by atoms with Crippen LogP contribution in [0.25, 0.3) is 0 Å². The van der Waals surface area contributed by atoms with Gasteiger partial charge in [-0.2, -0.15) is 0 Å².